The Bertz CT molecular complexity index is 1200. The van der Waals surface area contributed by atoms with Gasteiger partial charge in [-0.3, -0.25) is 9.78 Å². The van der Waals surface area contributed by atoms with E-state index in [1.807, 2.05) is 12.1 Å². The van der Waals surface area contributed by atoms with Crippen LogP contribution in [0.3, 0.4) is 0 Å². The number of sulfone groups is 1. The lowest BCUT2D eigenvalue weighted by atomic mass is 9.96. The maximum atomic E-state index is 12.9. The van der Waals surface area contributed by atoms with Crippen LogP contribution in [0.5, 0.6) is 0 Å². The molecule has 1 aliphatic carbocycles. The van der Waals surface area contributed by atoms with Crippen molar-refractivity contribution in [3.63, 3.8) is 0 Å². The number of nitrogens with one attached hydrogen (secondary N) is 1. The number of rotatable bonds is 7. The highest BCUT2D eigenvalue weighted by Gasteiger charge is 2.31. The Morgan fingerprint density at radius 1 is 1.15 bits per heavy atom. The second kappa shape index (κ2) is 9.84. The predicted molar refractivity (Wildman–Crippen MR) is 125 cm³/mol. The predicted octanol–water partition coefficient (Wildman–Crippen LogP) is 3.16. The Kier molecular flexibility index (Phi) is 6.90. The first-order chi connectivity index (χ1) is 15.8. The molecule has 0 unspecified atom stereocenters. The summed E-state index contributed by atoms with van der Waals surface area (Å²) >= 11 is 0. The number of hydrogen-bond donors (Lipinski definition) is 2. The molecular formula is C24H28N4O4S. The number of carbonyl (C=O) groups excluding carboxylic acids is 1. The van der Waals surface area contributed by atoms with Gasteiger partial charge in [0.25, 0.3) is 5.91 Å². The molecule has 2 aromatic heterocycles. The topological polar surface area (TPSA) is 128 Å². The Hall–Kier alpha value is -3.04. The Balaban J connectivity index is 1.41. The molecule has 0 saturated heterocycles. The second-order valence-corrected chi connectivity index (χ2v) is 10.8. The van der Waals surface area contributed by atoms with Crippen molar-refractivity contribution in [2.24, 2.45) is 5.73 Å². The molecule has 1 aromatic carbocycles. The molecule has 1 aliphatic rings. The highest BCUT2D eigenvalue weighted by Crippen LogP contribution is 2.28. The number of amides is 1. The van der Waals surface area contributed by atoms with Gasteiger partial charge in [0.1, 0.15) is 5.76 Å². The van der Waals surface area contributed by atoms with Gasteiger partial charge in [0, 0.05) is 36.1 Å². The Morgan fingerprint density at radius 3 is 2.55 bits per heavy atom. The molecule has 1 amide bonds. The van der Waals surface area contributed by atoms with Crippen LogP contribution >= 0.6 is 0 Å². The standard InChI is InChI=1S/C24H28N4O4S/c1-16-22(15-33(30,31)21-10-8-20(25)9-11-21)28-24(32-16)19-6-4-18(5-7-19)23(29)27-14-17-3-2-12-26-13-17/h2-7,12-13,20-21H,8-11,14-15,25H2,1H3,(H,27,29)/t20-,21+. The van der Waals surface area contributed by atoms with Crippen molar-refractivity contribution in [3.8, 4) is 11.5 Å². The van der Waals surface area contributed by atoms with Crippen molar-refractivity contribution in [3.05, 3.63) is 71.4 Å². The van der Waals surface area contributed by atoms with Gasteiger partial charge in [0.15, 0.2) is 9.84 Å². The van der Waals surface area contributed by atoms with E-state index in [1.165, 1.54) is 0 Å². The summed E-state index contributed by atoms with van der Waals surface area (Å²) in [6.45, 7) is 2.11. The summed E-state index contributed by atoms with van der Waals surface area (Å²) in [7, 11) is -3.33. The largest absolute Gasteiger partial charge is 0.441 e. The SMILES string of the molecule is Cc1oc(-c2ccc(C(=O)NCc3cccnc3)cc2)nc1CS(=O)(=O)[C@H]1CC[C@@H](N)CC1. The fourth-order valence-corrected chi connectivity index (χ4v) is 5.87. The lowest BCUT2D eigenvalue weighted by Crippen LogP contribution is -2.33. The average molecular weight is 469 g/mol. The third-order valence-electron chi connectivity index (χ3n) is 6.03. The van der Waals surface area contributed by atoms with E-state index < -0.39 is 9.84 Å². The molecule has 2 heterocycles. The quantitative estimate of drug-likeness (QED) is 0.545. The monoisotopic (exact) mass is 468 g/mol. The molecular weight excluding hydrogens is 440 g/mol. The molecule has 0 aliphatic heterocycles. The minimum absolute atomic E-state index is 0.0947. The van der Waals surface area contributed by atoms with E-state index in [-0.39, 0.29) is 23.0 Å². The first-order valence-electron chi connectivity index (χ1n) is 11.0. The van der Waals surface area contributed by atoms with Crippen LogP contribution in [0.1, 0.15) is 53.1 Å². The molecule has 3 aromatic rings. The fraction of sp³-hybridized carbons (Fsp3) is 0.375. The smallest absolute Gasteiger partial charge is 0.251 e. The molecule has 0 bridgehead atoms. The van der Waals surface area contributed by atoms with E-state index in [9.17, 15) is 13.2 Å². The Morgan fingerprint density at radius 2 is 1.88 bits per heavy atom. The zero-order valence-corrected chi connectivity index (χ0v) is 19.3. The van der Waals surface area contributed by atoms with Crippen LogP contribution in [0.25, 0.3) is 11.5 Å². The summed E-state index contributed by atoms with van der Waals surface area (Å²) in [6, 6.07) is 10.7. The molecule has 33 heavy (non-hydrogen) atoms. The molecule has 4 rings (SSSR count). The van der Waals surface area contributed by atoms with E-state index in [4.69, 9.17) is 10.2 Å². The number of pyridine rings is 1. The van der Waals surface area contributed by atoms with E-state index in [0.717, 1.165) is 18.4 Å². The minimum Gasteiger partial charge on any atom is -0.441 e. The van der Waals surface area contributed by atoms with Crippen LogP contribution in [0.15, 0.2) is 53.2 Å². The fourth-order valence-electron chi connectivity index (χ4n) is 3.99. The van der Waals surface area contributed by atoms with Gasteiger partial charge in [-0.2, -0.15) is 0 Å². The van der Waals surface area contributed by atoms with Gasteiger partial charge in [-0.1, -0.05) is 6.07 Å². The van der Waals surface area contributed by atoms with Crippen LogP contribution in [-0.2, 0) is 22.1 Å². The van der Waals surface area contributed by atoms with Crippen molar-refractivity contribution in [1.82, 2.24) is 15.3 Å². The highest BCUT2D eigenvalue weighted by atomic mass is 32.2. The maximum absolute atomic E-state index is 12.9. The minimum atomic E-state index is -3.33. The van der Waals surface area contributed by atoms with Crippen molar-refractivity contribution < 1.29 is 17.6 Å². The summed E-state index contributed by atoms with van der Waals surface area (Å²) in [4.78, 5) is 20.9. The first kappa shape index (κ1) is 23.1. The summed E-state index contributed by atoms with van der Waals surface area (Å²) in [6.07, 6.45) is 6.04. The zero-order valence-electron chi connectivity index (χ0n) is 18.5. The van der Waals surface area contributed by atoms with Gasteiger partial charge in [-0.25, -0.2) is 13.4 Å². The number of nitrogens with two attached hydrogens (primary N) is 1. The van der Waals surface area contributed by atoms with Gasteiger partial charge in [-0.15, -0.1) is 0 Å². The average Bonchev–Trinajstić information content (AvgIpc) is 3.18. The summed E-state index contributed by atoms with van der Waals surface area (Å²) in [5, 5.41) is 2.48. The van der Waals surface area contributed by atoms with Gasteiger partial charge in [0.2, 0.25) is 5.89 Å². The molecule has 0 atom stereocenters. The molecule has 0 radical (unpaired) electrons. The molecule has 8 nitrogen and oxygen atoms in total. The first-order valence-corrected chi connectivity index (χ1v) is 12.7. The van der Waals surface area contributed by atoms with Gasteiger partial charge in [-0.05, 0) is 68.5 Å². The van der Waals surface area contributed by atoms with E-state index in [1.54, 1.807) is 43.6 Å². The number of hydrogen-bond acceptors (Lipinski definition) is 7. The molecule has 174 valence electrons. The number of aryl methyl sites for hydroxylation is 1. The van der Waals surface area contributed by atoms with Crippen LogP contribution in [0.4, 0.5) is 0 Å². The number of carbonyl (C=O) groups is 1. The van der Waals surface area contributed by atoms with Gasteiger partial charge in [0.05, 0.1) is 16.7 Å². The summed E-state index contributed by atoms with van der Waals surface area (Å²) in [5.74, 6) is 0.481. The summed E-state index contributed by atoms with van der Waals surface area (Å²) < 4.78 is 31.5. The number of aromatic nitrogens is 2. The van der Waals surface area contributed by atoms with Crippen molar-refractivity contribution in [1.29, 1.82) is 0 Å². The second-order valence-electron chi connectivity index (χ2n) is 8.49. The van der Waals surface area contributed by atoms with Gasteiger partial charge < -0.3 is 15.5 Å². The molecule has 1 fully saturated rings. The van der Waals surface area contributed by atoms with E-state index in [0.29, 0.717) is 47.9 Å². The van der Waals surface area contributed by atoms with Gasteiger partial charge >= 0.3 is 0 Å². The number of nitrogens with zero attached hydrogens (tertiary/aromatic N) is 2. The highest BCUT2D eigenvalue weighted by molar-refractivity contribution is 7.91. The van der Waals surface area contributed by atoms with E-state index >= 15 is 0 Å². The maximum Gasteiger partial charge on any atom is 0.251 e. The molecule has 0 spiro atoms. The summed E-state index contributed by atoms with van der Waals surface area (Å²) in [5.41, 5.74) is 8.43. The van der Waals surface area contributed by atoms with Crippen molar-refractivity contribution in [2.45, 2.75) is 56.2 Å². The normalized spacial score (nSPS) is 18.7. The van der Waals surface area contributed by atoms with Crippen LogP contribution < -0.4 is 11.1 Å². The molecule has 3 N–H and O–H groups in total. The van der Waals surface area contributed by atoms with Crippen LogP contribution in [-0.4, -0.2) is 35.6 Å². The lowest BCUT2D eigenvalue weighted by molar-refractivity contribution is 0.0951. The van der Waals surface area contributed by atoms with E-state index in [2.05, 4.69) is 15.3 Å². The Labute approximate surface area is 193 Å². The molecule has 9 heteroatoms. The van der Waals surface area contributed by atoms with Crippen molar-refractivity contribution >= 4 is 15.7 Å². The van der Waals surface area contributed by atoms with Crippen molar-refractivity contribution in [2.75, 3.05) is 0 Å². The third-order valence-corrected chi connectivity index (χ3v) is 8.19. The third kappa shape index (κ3) is 5.66. The number of benzene rings is 1. The lowest BCUT2D eigenvalue weighted by Gasteiger charge is -2.25. The number of oxazole rings is 1. The van der Waals surface area contributed by atoms with Crippen LogP contribution in [0, 0.1) is 6.92 Å². The molecule has 1 saturated carbocycles. The zero-order chi connectivity index (χ0) is 23.4. The van der Waals surface area contributed by atoms with Crippen LogP contribution in [0.2, 0.25) is 0 Å².